The topological polar surface area (TPSA) is 418 Å². The van der Waals surface area contributed by atoms with Gasteiger partial charge in [0.25, 0.3) is 16.7 Å². The highest BCUT2D eigenvalue weighted by molar-refractivity contribution is 5.94. The predicted molar refractivity (Wildman–Crippen MR) is 487 cm³/mol. The number of carbonyl (C=O) groups excluding carboxylic acids is 10. The second-order valence-corrected chi connectivity index (χ2v) is 30.5. The zero-order valence-electron chi connectivity index (χ0n) is 73.2. The molecule has 6 heterocycles. The number of nitrogens with two attached hydrogens (primary N) is 1. The summed E-state index contributed by atoms with van der Waals surface area (Å²) in [7, 11) is 12.2. The molecule has 0 fully saturated rings. The number of hydrogen-bond donors (Lipinski definition) is 6. The monoisotopic (exact) mass is 1810 g/mol. The standard InChI is InChI=1S/C31H37FN4O7.C26H29FN4O5.C19H20FN3O3.C11H18N2O5.CH3F.4CH4/c1-31(2,3)43-30(41)36-23(17-21-16-22(32)13-14-25(21)36)19-35-15-9-10-20(28(35)39)18-26(37)24(33-29(40)42-6)11-7-8-12-27(38)34(4)5;1-30(2)24(33)9-5-4-8-22(29-26(35)36-3)23(32)15-17-7-6-12-31(25(17)34)16-20-14-18-13-19(27)10-11-21(18)28-20;1-19(2,3)26-18(25)23-14(10-12-9-13(20)6-7-16(12)23)11-22-8-4-5-15(21)17(22)24;1-13(2)9(14)7-5-4-6-8(10(15)16)12-11(17)18-3;1-2;;;;/h8-10,12-17,24H,7,11,18-19H2,1-6H3,(H,33,40);5-7,9-14,22,28H,4,8,15-16H2,1-3H3,(H,29,35);4-10H,11,21H2,1-3H3;5,7-8H,4,6H2,1-3H3,(H,12,17)(H,15,16);1H3;4*1H4/b12-8+;9-5+;;7-5+;;;;;/t24-;22-;;8-;;;;;/m00.0...../s1/i;;;;1D;;;;. The summed E-state index contributed by atoms with van der Waals surface area (Å²) in [5, 5.41) is 17.7. The van der Waals surface area contributed by atoms with Gasteiger partial charge in [-0.2, -0.15) is 0 Å². The number of benzene rings is 3. The number of rotatable bonds is 28. The summed E-state index contributed by atoms with van der Waals surface area (Å²) in [5.41, 5.74) is 6.82. The van der Waals surface area contributed by atoms with Crippen molar-refractivity contribution in [3.8, 4) is 0 Å². The van der Waals surface area contributed by atoms with Crippen LogP contribution < -0.4 is 38.4 Å². The van der Waals surface area contributed by atoms with Crippen LogP contribution in [0.15, 0.2) is 179 Å². The molecule has 3 atom stereocenters. The van der Waals surface area contributed by atoms with Gasteiger partial charge in [0.2, 0.25) is 17.7 Å². The Labute approximate surface area is 748 Å². The van der Waals surface area contributed by atoms with E-state index in [1.54, 1.807) is 163 Å². The van der Waals surface area contributed by atoms with Crippen LogP contribution in [0.4, 0.5) is 47.2 Å². The van der Waals surface area contributed by atoms with Crippen molar-refractivity contribution in [1.29, 1.82) is 0 Å². The van der Waals surface area contributed by atoms with E-state index in [2.05, 4.69) is 35.1 Å². The molecule has 6 aromatic heterocycles. The number of aliphatic carboxylic acids is 1. The van der Waals surface area contributed by atoms with Gasteiger partial charge in [0.1, 0.15) is 34.7 Å². The number of pyridine rings is 3. The number of carboxylic acid groups (broad SMARTS) is 1. The summed E-state index contributed by atoms with van der Waals surface area (Å²) >= 11 is 0. The smallest absolute Gasteiger partial charge is 0.419 e. The number of H-pyrrole nitrogens is 1. The maximum Gasteiger partial charge on any atom is 0.419 e. The number of fused-ring (bicyclic) bond motifs is 3. The van der Waals surface area contributed by atoms with E-state index in [-0.39, 0.29) is 139 Å². The van der Waals surface area contributed by atoms with E-state index in [1.165, 1.54) is 137 Å². The number of aromatic nitrogens is 6. The van der Waals surface area contributed by atoms with Crippen LogP contribution in [0, 0.1) is 17.5 Å². The number of amides is 6. The second kappa shape index (κ2) is 53.3. The van der Waals surface area contributed by atoms with E-state index in [1.807, 2.05) is 0 Å². The van der Waals surface area contributed by atoms with E-state index in [0.717, 1.165) is 12.6 Å². The SMILES string of the molecule is C.C.C.C.CC(C)(C)OC(=O)n1c(Cn2cccc(N)c2=O)cc2cc(F)ccc21.COC(=O)N[C@@H](CC/C=C/C(=O)N(C)C)C(=O)Cc1cccn(Cc2cc3cc(F)ccc3[nH]2)c1=O.COC(=O)N[C@@H](CC/C=C/C(=O)N(C)C)C(=O)Cc1cccn(Cc2cc3cc(F)ccc3n2C(=O)OC(C)(C)C)c1=O.COC(=O)N[C@@H](CC/C=C/C(=O)N(C)C)C(=O)O.[2H]CF. The molecule has 0 aliphatic carbocycles. The maximum atomic E-state index is 14.0. The third-order valence-electron chi connectivity index (χ3n) is 17.9. The number of Topliss-reactive ketones (excluding diaryl/α,β-unsaturated/α-hetero) is 2. The van der Waals surface area contributed by atoms with Gasteiger partial charge in [0.15, 0.2) is 11.6 Å². The predicted octanol–water partition coefficient (Wildman–Crippen LogP) is 13.5. The van der Waals surface area contributed by atoms with Gasteiger partial charge in [-0.3, -0.25) is 42.7 Å². The van der Waals surface area contributed by atoms with E-state index in [4.69, 9.17) is 21.7 Å². The van der Waals surface area contributed by atoms with Crippen molar-refractivity contribution in [2.24, 2.45) is 0 Å². The fourth-order valence-electron chi connectivity index (χ4n) is 11.8. The van der Waals surface area contributed by atoms with Crippen LogP contribution in [0.3, 0.4) is 0 Å². The Balaban J connectivity index is 0.000000883. The number of methoxy groups -OCH3 is 3. The Morgan fingerprint density at radius 2 is 0.822 bits per heavy atom. The first-order valence-electron chi connectivity index (χ1n) is 39.5. The molecule has 0 saturated carbocycles. The highest BCUT2D eigenvalue weighted by Gasteiger charge is 2.29. The summed E-state index contributed by atoms with van der Waals surface area (Å²) in [6.07, 6.45) is 11.2. The summed E-state index contributed by atoms with van der Waals surface area (Å²) < 4.78 is 88.0. The first-order chi connectivity index (χ1) is 59.3. The zero-order valence-corrected chi connectivity index (χ0v) is 72.2. The average Bonchev–Trinajstić information content (AvgIpc) is 1.62. The average molecular weight is 1810 g/mol. The largest absolute Gasteiger partial charge is 0.480 e. The summed E-state index contributed by atoms with van der Waals surface area (Å²) in [5.74, 6) is -3.75. The molecule has 0 saturated heterocycles. The van der Waals surface area contributed by atoms with E-state index < -0.39 is 95.9 Å². The summed E-state index contributed by atoms with van der Waals surface area (Å²) in [4.78, 5) is 178. The number of nitrogen functional groups attached to an aromatic ring is 1. The molecule has 0 radical (unpaired) electrons. The Morgan fingerprint density at radius 3 is 1.18 bits per heavy atom. The van der Waals surface area contributed by atoms with Crippen LogP contribution in [0.25, 0.3) is 32.7 Å². The lowest BCUT2D eigenvalue weighted by Gasteiger charge is -2.21. The summed E-state index contributed by atoms with van der Waals surface area (Å²) in [6, 6.07) is 24.2. The van der Waals surface area contributed by atoms with E-state index >= 15 is 0 Å². The van der Waals surface area contributed by atoms with Crippen LogP contribution in [-0.2, 0) is 84.9 Å². The number of halogens is 4. The Kier molecular flexibility index (Phi) is 45.9. The van der Waals surface area contributed by atoms with Crippen molar-refractivity contribution in [1.82, 2.24) is 58.5 Å². The number of carbonyl (C=O) groups is 11. The Morgan fingerprint density at radius 1 is 0.488 bits per heavy atom. The Bertz CT molecular complexity index is 5630. The fraction of sp³-hybridized carbons (Fsp3) is 0.391. The minimum absolute atomic E-state index is 0. The number of ketones is 2. The quantitative estimate of drug-likeness (QED) is 0.0151. The third-order valence-corrected chi connectivity index (χ3v) is 17.9. The lowest BCUT2D eigenvalue weighted by atomic mass is 10.0. The van der Waals surface area contributed by atoms with Gasteiger partial charge in [-0.15, -0.1) is 0 Å². The van der Waals surface area contributed by atoms with Gasteiger partial charge in [0.05, 0.1) is 78.3 Å². The molecule has 0 spiro atoms. The number of alkyl carbamates (subject to hydrolysis) is 3. The lowest BCUT2D eigenvalue weighted by molar-refractivity contribution is -0.139. The van der Waals surface area contributed by atoms with Gasteiger partial charge in [0, 0.05) is 124 Å². The molecular formula is C92H123F4N13O20. The van der Waals surface area contributed by atoms with Gasteiger partial charge in [-0.1, -0.05) is 60.1 Å². The van der Waals surface area contributed by atoms with Crippen LogP contribution in [0.2, 0.25) is 0 Å². The van der Waals surface area contributed by atoms with Crippen molar-refractivity contribution < 1.29 is 100 Å². The van der Waals surface area contributed by atoms with Gasteiger partial charge < -0.3 is 83.9 Å². The number of nitrogens with zero attached hydrogens (tertiary/aromatic N) is 8. The molecular weight excluding hydrogens is 1680 g/mol. The number of likely N-dealkylation sites (N-methyl/N-ethyl adjacent to an activating group) is 3. The molecule has 704 valence electrons. The number of nitrogens with one attached hydrogen (secondary N) is 4. The van der Waals surface area contributed by atoms with Crippen molar-refractivity contribution in [3.63, 3.8) is 0 Å². The molecule has 37 heteroatoms. The minimum Gasteiger partial charge on any atom is -0.480 e. The molecule has 6 amide bonds. The molecule has 0 unspecified atom stereocenters. The molecule has 9 rings (SSSR count). The highest BCUT2D eigenvalue weighted by Crippen LogP contribution is 2.27. The minimum atomic E-state index is -1.15. The normalized spacial score (nSPS) is 11.6. The Hall–Kier alpha value is -14.2. The summed E-state index contributed by atoms with van der Waals surface area (Å²) in [6.45, 7) is 10.7. The van der Waals surface area contributed by atoms with Crippen molar-refractivity contribution in [3.05, 3.63) is 241 Å². The number of allylic oxidation sites excluding steroid dienone is 3. The first-order valence-corrected chi connectivity index (χ1v) is 38.8. The number of anilines is 1. The van der Waals surface area contributed by atoms with Crippen molar-refractivity contribution in [2.45, 2.75) is 172 Å². The number of aromatic amines is 1. The van der Waals surface area contributed by atoms with E-state index in [0.29, 0.717) is 63.5 Å². The van der Waals surface area contributed by atoms with Gasteiger partial charge in [-0.25, -0.2) is 51.1 Å². The maximum absolute atomic E-state index is 14.0. The molecule has 0 aliphatic heterocycles. The van der Waals surface area contributed by atoms with Gasteiger partial charge >= 0.3 is 36.4 Å². The highest BCUT2D eigenvalue weighted by atomic mass is 19.1. The number of carboxylic acids is 1. The van der Waals surface area contributed by atoms with Crippen LogP contribution in [-0.4, -0.2) is 213 Å². The third kappa shape index (κ3) is 35.7. The molecule has 33 nitrogen and oxygen atoms in total. The zero-order chi connectivity index (χ0) is 94.0. The molecule has 0 bridgehead atoms. The first kappa shape index (κ1) is 111. The van der Waals surface area contributed by atoms with Crippen LogP contribution in [0.5, 0.6) is 0 Å². The fourth-order valence-corrected chi connectivity index (χ4v) is 11.8. The second-order valence-electron chi connectivity index (χ2n) is 30.5. The van der Waals surface area contributed by atoms with Crippen LogP contribution >= 0.6 is 0 Å². The van der Waals surface area contributed by atoms with Crippen molar-refractivity contribution >= 4 is 104 Å². The van der Waals surface area contributed by atoms with E-state index in [9.17, 15) is 84.7 Å². The number of hydrogen-bond acceptors (Lipinski definition) is 20. The molecule has 0 aliphatic rings. The molecule has 3 aromatic carbocycles. The lowest BCUT2D eigenvalue weighted by Crippen LogP contribution is -2.42. The number of alkyl halides is 1. The van der Waals surface area contributed by atoms with Crippen LogP contribution in [0.1, 0.15) is 139 Å². The van der Waals surface area contributed by atoms with Gasteiger partial charge in [-0.05, 0) is 195 Å². The number of ether oxygens (including phenoxy) is 5. The molecule has 9 aromatic rings. The molecule has 129 heavy (non-hydrogen) atoms. The van der Waals surface area contributed by atoms with Crippen molar-refractivity contribution in [2.75, 3.05) is 76.5 Å². The molecule has 7 N–H and O–H groups in total.